The molecule has 11 heteroatoms. The molecule has 0 spiro atoms. The number of rotatable bonds is 24. The maximum Gasteiger partial charge on any atom is 0.305 e. The van der Waals surface area contributed by atoms with Crippen molar-refractivity contribution >= 4 is 25.5 Å². The van der Waals surface area contributed by atoms with Crippen LogP contribution in [0.2, 0.25) is 0 Å². The standard InChI is InChI=1S/C30H50NO9P/c1-6-7-17-20-28(33)21-18-15-13-11-9-8-10-12-14-16-19-22-30(34)37-25-29(40-27(2)32)26-39-41(35,36)38-24-23-31(3,4)5/h8-9,12-15,18,21,29H,6-7,10-11,16-17,19-20,22-26H2,1-5H3/b9-8-,14-12-,15-13-,21-18+/t29-/m1/s1. The van der Waals surface area contributed by atoms with E-state index >= 15 is 0 Å². The Hall–Kier alpha value is -2.36. The zero-order valence-electron chi connectivity index (χ0n) is 25.5. The van der Waals surface area contributed by atoms with Crippen LogP contribution in [0, 0.1) is 0 Å². The van der Waals surface area contributed by atoms with Gasteiger partial charge in [0.15, 0.2) is 11.9 Å². The van der Waals surface area contributed by atoms with Gasteiger partial charge in [0.2, 0.25) is 0 Å². The van der Waals surface area contributed by atoms with Crippen molar-refractivity contribution in [3.05, 3.63) is 48.6 Å². The summed E-state index contributed by atoms with van der Waals surface area (Å²) in [6, 6.07) is 0. The first kappa shape index (κ1) is 38.6. The van der Waals surface area contributed by atoms with Crippen molar-refractivity contribution in [3.8, 4) is 0 Å². The normalized spacial score (nSPS) is 14.7. The van der Waals surface area contributed by atoms with E-state index in [2.05, 4.69) is 6.92 Å². The minimum absolute atomic E-state index is 0.0548. The number of hydrogen-bond donors (Lipinski definition) is 0. The zero-order valence-corrected chi connectivity index (χ0v) is 26.4. The molecule has 0 aromatic rings. The van der Waals surface area contributed by atoms with Gasteiger partial charge in [-0.2, -0.15) is 0 Å². The second-order valence-corrected chi connectivity index (χ2v) is 11.9. The smallest absolute Gasteiger partial charge is 0.305 e. The van der Waals surface area contributed by atoms with Crippen LogP contribution in [0.1, 0.15) is 71.6 Å². The van der Waals surface area contributed by atoms with Crippen molar-refractivity contribution in [2.24, 2.45) is 0 Å². The summed E-state index contributed by atoms with van der Waals surface area (Å²) in [5.74, 6) is -0.972. The molecule has 2 atom stereocenters. The summed E-state index contributed by atoms with van der Waals surface area (Å²) in [6.45, 7) is 2.84. The van der Waals surface area contributed by atoms with Gasteiger partial charge >= 0.3 is 11.9 Å². The monoisotopic (exact) mass is 599 g/mol. The Morgan fingerprint density at radius 1 is 0.878 bits per heavy atom. The lowest BCUT2D eigenvalue weighted by molar-refractivity contribution is -0.870. The molecule has 0 heterocycles. The number of likely N-dealkylation sites (N-methyl/N-ethyl adjacent to an activating group) is 1. The second kappa shape index (κ2) is 23.2. The molecule has 10 nitrogen and oxygen atoms in total. The number of esters is 2. The summed E-state index contributed by atoms with van der Waals surface area (Å²) < 4.78 is 32.2. The van der Waals surface area contributed by atoms with Gasteiger partial charge in [0, 0.05) is 19.8 Å². The Labute approximate surface area is 246 Å². The summed E-state index contributed by atoms with van der Waals surface area (Å²) >= 11 is 0. The lowest BCUT2D eigenvalue weighted by Gasteiger charge is -2.28. The molecule has 0 aliphatic heterocycles. The number of ether oxygens (including phenoxy) is 2. The molecule has 0 saturated carbocycles. The van der Waals surface area contributed by atoms with E-state index in [1.807, 2.05) is 57.6 Å². The number of nitrogens with zero attached hydrogens (tertiary/aromatic N) is 1. The highest BCUT2D eigenvalue weighted by atomic mass is 31.2. The number of phosphoric ester groups is 1. The molecule has 0 aromatic carbocycles. The number of ketones is 1. The van der Waals surface area contributed by atoms with Crippen molar-refractivity contribution in [1.82, 2.24) is 0 Å². The predicted octanol–water partition coefficient (Wildman–Crippen LogP) is 4.99. The molecule has 0 aliphatic rings. The highest BCUT2D eigenvalue weighted by Gasteiger charge is 2.20. The Morgan fingerprint density at radius 2 is 1.56 bits per heavy atom. The van der Waals surface area contributed by atoms with E-state index in [4.69, 9.17) is 18.5 Å². The summed E-state index contributed by atoms with van der Waals surface area (Å²) in [7, 11) is 1.08. The molecular weight excluding hydrogens is 549 g/mol. The van der Waals surface area contributed by atoms with Crippen LogP contribution in [-0.2, 0) is 37.5 Å². The Morgan fingerprint density at radius 3 is 2.22 bits per heavy atom. The van der Waals surface area contributed by atoms with Crippen LogP contribution in [0.5, 0.6) is 0 Å². The first-order valence-corrected chi connectivity index (χ1v) is 15.7. The molecule has 0 radical (unpaired) electrons. The number of quaternary nitrogens is 1. The van der Waals surface area contributed by atoms with Crippen LogP contribution in [0.3, 0.4) is 0 Å². The Bertz CT molecular complexity index is 919. The predicted molar refractivity (Wildman–Crippen MR) is 158 cm³/mol. The first-order chi connectivity index (χ1) is 19.3. The maximum absolute atomic E-state index is 12.0. The Kier molecular flexibility index (Phi) is 21.9. The van der Waals surface area contributed by atoms with E-state index in [0.29, 0.717) is 30.3 Å². The molecule has 0 N–H and O–H groups in total. The summed E-state index contributed by atoms with van der Waals surface area (Å²) in [5, 5.41) is 0. The molecule has 0 aromatic heterocycles. The van der Waals surface area contributed by atoms with Gasteiger partial charge in [-0.15, -0.1) is 0 Å². The molecule has 0 saturated heterocycles. The molecule has 1 unspecified atom stereocenters. The van der Waals surface area contributed by atoms with Crippen molar-refractivity contribution in [1.29, 1.82) is 0 Å². The zero-order chi connectivity index (χ0) is 31.0. The van der Waals surface area contributed by atoms with E-state index in [0.717, 1.165) is 32.1 Å². The van der Waals surface area contributed by atoms with Gasteiger partial charge in [-0.1, -0.05) is 62.3 Å². The number of unbranched alkanes of at least 4 members (excludes halogenated alkanes) is 3. The second-order valence-electron chi connectivity index (χ2n) is 10.5. The lowest BCUT2D eigenvalue weighted by atomic mass is 10.1. The third-order valence-electron chi connectivity index (χ3n) is 5.38. The van der Waals surface area contributed by atoms with Gasteiger partial charge in [0.1, 0.15) is 19.8 Å². The number of hydrogen-bond acceptors (Lipinski definition) is 9. The number of carbonyl (C=O) groups excluding carboxylic acids is 3. The minimum atomic E-state index is -4.59. The summed E-state index contributed by atoms with van der Waals surface area (Å²) in [4.78, 5) is 46.9. The van der Waals surface area contributed by atoms with Gasteiger partial charge < -0.3 is 27.9 Å². The largest absolute Gasteiger partial charge is 0.756 e. The van der Waals surface area contributed by atoms with Gasteiger partial charge in [0.25, 0.3) is 7.82 Å². The highest BCUT2D eigenvalue weighted by Crippen LogP contribution is 2.38. The molecule has 0 amide bonds. The fraction of sp³-hybridized carbons (Fsp3) is 0.633. The van der Waals surface area contributed by atoms with Crippen molar-refractivity contribution in [2.75, 3.05) is 47.5 Å². The highest BCUT2D eigenvalue weighted by molar-refractivity contribution is 7.45. The summed E-state index contributed by atoms with van der Waals surface area (Å²) in [5.41, 5.74) is 0. The molecule has 0 bridgehead atoms. The average molecular weight is 600 g/mol. The first-order valence-electron chi connectivity index (χ1n) is 14.2. The van der Waals surface area contributed by atoms with E-state index in [9.17, 15) is 23.8 Å². The van der Waals surface area contributed by atoms with Crippen molar-refractivity contribution < 1.29 is 46.8 Å². The van der Waals surface area contributed by atoms with E-state index in [-0.39, 0.29) is 25.4 Å². The van der Waals surface area contributed by atoms with Crippen LogP contribution in [0.15, 0.2) is 48.6 Å². The van der Waals surface area contributed by atoms with Crippen LogP contribution in [0.25, 0.3) is 0 Å². The Balaban J connectivity index is 4.14. The fourth-order valence-electron chi connectivity index (χ4n) is 3.13. The van der Waals surface area contributed by atoms with E-state index < -0.39 is 32.5 Å². The average Bonchev–Trinajstić information content (AvgIpc) is 2.87. The molecule has 0 fully saturated rings. The maximum atomic E-state index is 12.0. The molecule has 41 heavy (non-hydrogen) atoms. The quantitative estimate of drug-likeness (QED) is 0.0287. The van der Waals surface area contributed by atoms with Crippen LogP contribution in [0.4, 0.5) is 0 Å². The van der Waals surface area contributed by atoms with Gasteiger partial charge in [-0.05, 0) is 38.2 Å². The molecule has 0 rings (SSSR count). The third-order valence-corrected chi connectivity index (χ3v) is 6.34. The molecule has 234 valence electrons. The molecule has 0 aliphatic carbocycles. The van der Waals surface area contributed by atoms with Crippen LogP contribution < -0.4 is 4.89 Å². The van der Waals surface area contributed by atoms with Crippen LogP contribution in [-0.4, -0.2) is 75.8 Å². The molecular formula is C30H50NO9P. The SMILES string of the molecule is CCCCCC(=O)/C=C/C=C\C/C=C\C/C=C\CCCC(=O)OC[C@H](COP(=O)([O-])OCC[N+](C)(C)C)OC(C)=O. The van der Waals surface area contributed by atoms with E-state index in [1.54, 1.807) is 12.2 Å². The number of phosphoric acid groups is 1. The van der Waals surface area contributed by atoms with Crippen molar-refractivity contribution in [2.45, 2.75) is 77.7 Å². The van der Waals surface area contributed by atoms with Gasteiger partial charge in [-0.25, -0.2) is 0 Å². The van der Waals surface area contributed by atoms with Crippen molar-refractivity contribution in [3.63, 3.8) is 0 Å². The van der Waals surface area contributed by atoms with E-state index in [1.165, 1.54) is 6.92 Å². The fourth-order valence-corrected chi connectivity index (χ4v) is 3.86. The minimum Gasteiger partial charge on any atom is -0.756 e. The van der Waals surface area contributed by atoms with Gasteiger partial charge in [0.05, 0.1) is 27.7 Å². The third kappa shape index (κ3) is 27.6. The van der Waals surface area contributed by atoms with Crippen LogP contribution >= 0.6 is 7.82 Å². The number of carbonyl (C=O) groups is 3. The van der Waals surface area contributed by atoms with Gasteiger partial charge in [-0.3, -0.25) is 18.9 Å². The summed E-state index contributed by atoms with van der Waals surface area (Å²) in [6.07, 6.45) is 21.0. The topological polar surface area (TPSA) is 128 Å². The lowest BCUT2D eigenvalue weighted by Crippen LogP contribution is -2.37. The number of allylic oxidation sites excluding steroid dienone is 8.